The third kappa shape index (κ3) is 8.78. The van der Waals surface area contributed by atoms with Crippen LogP contribution in [0.25, 0.3) is 0 Å². The number of rotatable bonds is 7. The van der Waals surface area contributed by atoms with E-state index < -0.39 is 0 Å². The number of likely N-dealkylation sites (N-methyl/N-ethyl adjacent to an activating group) is 1. The molecule has 0 radical (unpaired) electrons. The molecule has 1 rings (SSSR count). The number of carbonyl (C=O) groups is 1. The summed E-state index contributed by atoms with van der Waals surface area (Å²) in [5.41, 5.74) is 1.14. The number of amides is 1. The van der Waals surface area contributed by atoms with Crippen LogP contribution in [0.1, 0.15) is 26.3 Å². The van der Waals surface area contributed by atoms with Crippen LogP contribution in [0.3, 0.4) is 0 Å². The molecule has 0 aliphatic rings. The van der Waals surface area contributed by atoms with Crippen molar-refractivity contribution in [2.45, 2.75) is 27.3 Å². The molecule has 0 spiro atoms. The molecule has 2 N–H and O–H groups in total. The van der Waals surface area contributed by atoms with Gasteiger partial charge in [-0.05, 0) is 18.4 Å². The predicted molar refractivity (Wildman–Crippen MR) is 107 cm³/mol. The molecule has 0 aliphatic heterocycles. The number of nitrogens with one attached hydrogen (secondary N) is 2. The summed E-state index contributed by atoms with van der Waals surface area (Å²) in [5.74, 6) is 1.26. The number of nitrogens with zero attached hydrogens (tertiary/aromatic N) is 2. The Bertz CT molecular complexity index is 477. The molecule has 5 nitrogen and oxygen atoms in total. The summed E-state index contributed by atoms with van der Waals surface area (Å²) >= 11 is 0. The van der Waals surface area contributed by atoms with Gasteiger partial charge in [-0.3, -0.25) is 9.79 Å². The molecule has 0 unspecified atom stereocenters. The van der Waals surface area contributed by atoms with Crippen molar-refractivity contribution in [2.24, 2.45) is 10.9 Å². The quantitative estimate of drug-likeness (QED) is 0.396. The molecule has 0 heterocycles. The summed E-state index contributed by atoms with van der Waals surface area (Å²) in [6.07, 6.45) is 0. The number of benzene rings is 1. The van der Waals surface area contributed by atoms with Gasteiger partial charge in [0.2, 0.25) is 5.91 Å². The molecule has 1 aromatic rings. The van der Waals surface area contributed by atoms with E-state index in [4.69, 9.17) is 0 Å². The van der Waals surface area contributed by atoms with Crippen molar-refractivity contribution in [1.29, 1.82) is 0 Å². The van der Waals surface area contributed by atoms with Gasteiger partial charge in [-0.1, -0.05) is 44.2 Å². The predicted octanol–water partition coefficient (Wildman–Crippen LogP) is 2.47. The van der Waals surface area contributed by atoms with Gasteiger partial charge in [0, 0.05) is 26.7 Å². The summed E-state index contributed by atoms with van der Waals surface area (Å²) in [4.78, 5) is 18.3. The van der Waals surface area contributed by atoms with Crippen LogP contribution in [0.2, 0.25) is 0 Å². The van der Waals surface area contributed by atoms with Gasteiger partial charge in [0.05, 0.1) is 6.54 Å². The molecule has 0 bridgehead atoms. The van der Waals surface area contributed by atoms with Crippen LogP contribution in [0.4, 0.5) is 0 Å². The molecule has 0 saturated heterocycles. The maximum Gasteiger partial charge on any atom is 0.242 e. The van der Waals surface area contributed by atoms with Crippen molar-refractivity contribution in [3.8, 4) is 0 Å². The van der Waals surface area contributed by atoms with Crippen molar-refractivity contribution >= 4 is 35.8 Å². The number of aliphatic imine (C=N–C) groups is 1. The minimum atomic E-state index is 0. The van der Waals surface area contributed by atoms with Crippen LogP contribution in [0, 0.1) is 5.92 Å². The van der Waals surface area contributed by atoms with E-state index in [1.165, 1.54) is 0 Å². The highest BCUT2D eigenvalue weighted by Gasteiger charge is 2.12. The number of hydrogen-bond acceptors (Lipinski definition) is 2. The molecule has 0 atom stereocenters. The van der Waals surface area contributed by atoms with Gasteiger partial charge in [0.1, 0.15) is 0 Å². The molecule has 1 amide bonds. The second-order valence-corrected chi connectivity index (χ2v) is 5.59. The minimum Gasteiger partial charge on any atom is -0.356 e. The third-order valence-corrected chi connectivity index (χ3v) is 3.26. The lowest BCUT2D eigenvalue weighted by atomic mass is 10.2. The largest absolute Gasteiger partial charge is 0.356 e. The monoisotopic (exact) mass is 432 g/mol. The van der Waals surface area contributed by atoms with Gasteiger partial charge in [-0.25, -0.2) is 0 Å². The van der Waals surface area contributed by atoms with Gasteiger partial charge < -0.3 is 15.5 Å². The zero-order valence-corrected chi connectivity index (χ0v) is 16.8. The highest BCUT2D eigenvalue weighted by Crippen LogP contribution is 2.04. The number of guanidine groups is 1. The van der Waals surface area contributed by atoms with E-state index in [2.05, 4.69) is 29.5 Å². The van der Waals surface area contributed by atoms with Crippen LogP contribution in [0.15, 0.2) is 35.3 Å². The van der Waals surface area contributed by atoms with E-state index >= 15 is 0 Å². The highest BCUT2D eigenvalue weighted by atomic mass is 127. The molecule has 6 heteroatoms. The first-order valence-corrected chi connectivity index (χ1v) is 7.83. The fraction of sp³-hybridized carbons (Fsp3) is 0.529. The van der Waals surface area contributed by atoms with Crippen molar-refractivity contribution in [3.05, 3.63) is 35.9 Å². The highest BCUT2D eigenvalue weighted by molar-refractivity contribution is 14.0. The van der Waals surface area contributed by atoms with E-state index in [-0.39, 0.29) is 36.4 Å². The Morgan fingerprint density at radius 2 is 1.87 bits per heavy atom. The molecule has 130 valence electrons. The van der Waals surface area contributed by atoms with Crippen LogP contribution in [-0.4, -0.2) is 43.4 Å². The Balaban J connectivity index is 0.00000484. The number of hydrogen-bond donors (Lipinski definition) is 2. The topological polar surface area (TPSA) is 56.7 Å². The van der Waals surface area contributed by atoms with Gasteiger partial charge in [-0.15, -0.1) is 24.0 Å². The normalized spacial score (nSPS) is 10.9. The maximum absolute atomic E-state index is 12.3. The SMILES string of the molecule is CCN(Cc1ccccc1)C(=O)CNC(=NC)NCC(C)C.I. The van der Waals surface area contributed by atoms with Crippen molar-refractivity contribution in [2.75, 3.05) is 26.7 Å². The van der Waals surface area contributed by atoms with E-state index in [0.29, 0.717) is 25.0 Å². The smallest absolute Gasteiger partial charge is 0.242 e. The lowest BCUT2D eigenvalue weighted by Gasteiger charge is -2.22. The Morgan fingerprint density at radius 1 is 1.22 bits per heavy atom. The average Bonchev–Trinajstić information content (AvgIpc) is 2.53. The summed E-state index contributed by atoms with van der Waals surface area (Å²) in [6.45, 7) is 8.65. The van der Waals surface area contributed by atoms with Crippen LogP contribution < -0.4 is 10.6 Å². The second kappa shape index (κ2) is 12.2. The van der Waals surface area contributed by atoms with Crippen LogP contribution in [0.5, 0.6) is 0 Å². The molecular formula is C17H29IN4O. The molecular weight excluding hydrogens is 403 g/mol. The standard InChI is InChI=1S/C17H28N4O.HI/c1-5-21(13-15-9-7-6-8-10-15)16(22)12-20-17(18-4)19-11-14(2)3;/h6-10,14H,5,11-13H2,1-4H3,(H2,18,19,20);1H. The van der Waals surface area contributed by atoms with Gasteiger partial charge in [-0.2, -0.15) is 0 Å². The van der Waals surface area contributed by atoms with Crippen molar-refractivity contribution in [3.63, 3.8) is 0 Å². The zero-order valence-electron chi connectivity index (χ0n) is 14.5. The zero-order chi connectivity index (χ0) is 16.4. The molecule has 0 fully saturated rings. The molecule has 0 aliphatic carbocycles. The van der Waals surface area contributed by atoms with Crippen molar-refractivity contribution < 1.29 is 4.79 Å². The summed E-state index contributed by atoms with van der Waals surface area (Å²) in [5, 5.41) is 6.27. The Kier molecular flexibility index (Phi) is 11.5. The number of halogens is 1. The molecule has 0 aromatic heterocycles. The van der Waals surface area contributed by atoms with Crippen molar-refractivity contribution in [1.82, 2.24) is 15.5 Å². The van der Waals surface area contributed by atoms with E-state index in [0.717, 1.165) is 12.1 Å². The molecule has 0 saturated carbocycles. The summed E-state index contributed by atoms with van der Waals surface area (Å²) in [7, 11) is 1.71. The lowest BCUT2D eigenvalue weighted by Crippen LogP contribution is -2.45. The minimum absolute atomic E-state index is 0. The maximum atomic E-state index is 12.3. The van der Waals surface area contributed by atoms with Gasteiger partial charge >= 0.3 is 0 Å². The van der Waals surface area contributed by atoms with E-state index in [1.54, 1.807) is 7.05 Å². The molecule has 23 heavy (non-hydrogen) atoms. The van der Waals surface area contributed by atoms with E-state index in [1.807, 2.05) is 42.2 Å². The Hall–Kier alpha value is -1.31. The Labute approximate surface area is 157 Å². The van der Waals surface area contributed by atoms with Gasteiger partial charge in [0.25, 0.3) is 0 Å². The second-order valence-electron chi connectivity index (χ2n) is 5.59. The fourth-order valence-electron chi connectivity index (χ4n) is 1.97. The average molecular weight is 432 g/mol. The number of carbonyl (C=O) groups excluding carboxylic acids is 1. The summed E-state index contributed by atoms with van der Waals surface area (Å²) < 4.78 is 0. The fourth-order valence-corrected chi connectivity index (χ4v) is 1.97. The van der Waals surface area contributed by atoms with E-state index in [9.17, 15) is 4.79 Å². The first-order chi connectivity index (χ1) is 10.6. The Morgan fingerprint density at radius 3 is 2.39 bits per heavy atom. The molecule has 1 aromatic carbocycles. The first-order valence-electron chi connectivity index (χ1n) is 7.83. The van der Waals surface area contributed by atoms with Crippen LogP contribution in [-0.2, 0) is 11.3 Å². The summed E-state index contributed by atoms with van der Waals surface area (Å²) in [6, 6.07) is 10.0. The third-order valence-electron chi connectivity index (χ3n) is 3.26. The first kappa shape index (κ1) is 21.7. The van der Waals surface area contributed by atoms with Crippen LogP contribution >= 0.6 is 24.0 Å². The lowest BCUT2D eigenvalue weighted by molar-refractivity contribution is -0.130. The van der Waals surface area contributed by atoms with Gasteiger partial charge in [0.15, 0.2) is 5.96 Å².